The first-order chi connectivity index (χ1) is 12.2. The van der Waals surface area contributed by atoms with Gasteiger partial charge in [-0.05, 0) is 30.7 Å². The van der Waals surface area contributed by atoms with Gasteiger partial charge in [0, 0.05) is 48.8 Å². The Balaban J connectivity index is 1.48. The monoisotopic (exact) mass is 389 g/mol. The van der Waals surface area contributed by atoms with E-state index in [4.69, 9.17) is 0 Å². The van der Waals surface area contributed by atoms with E-state index in [1.165, 1.54) is 10.6 Å². The van der Waals surface area contributed by atoms with Crippen molar-refractivity contribution in [3.8, 4) is 0 Å². The van der Waals surface area contributed by atoms with E-state index in [1.807, 2.05) is 19.3 Å². The first-order valence-electron chi connectivity index (χ1n) is 8.59. The highest BCUT2D eigenvalue weighted by Crippen LogP contribution is 2.45. The number of hydrogen-bond acceptors (Lipinski definition) is 4. The van der Waals surface area contributed by atoms with Crippen molar-refractivity contribution in [2.75, 3.05) is 31.3 Å². The summed E-state index contributed by atoms with van der Waals surface area (Å²) >= 11 is 0. The topological polar surface area (TPSA) is 65.1 Å². The zero-order valence-corrected chi connectivity index (χ0v) is 15.5. The predicted octanol–water partition coefficient (Wildman–Crippen LogP) is 2.19. The lowest BCUT2D eigenvalue weighted by atomic mass is 10.0. The molecule has 0 aromatic carbocycles. The number of alkyl halides is 3. The largest absolute Gasteiger partial charge is 0.460 e. The van der Waals surface area contributed by atoms with Crippen molar-refractivity contribution in [3.05, 3.63) is 18.6 Å². The molecule has 0 radical (unpaired) electrons. The number of anilines is 1. The van der Waals surface area contributed by atoms with Gasteiger partial charge in [-0.1, -0.05) is 0 Å². The van der Waals surface area contributed by atoms with Gasteiger partial charge in [-0.25, -0.2) is 14.3 Å². The summed E-state index contributed by atoms with van der Waals surface area (Å²) in [4.78, 5) is 13.8. The average molecular weight is 389 g/mol. The smallest absolute Gasteiger partial charge is 0.356 e. The third-order valence-electron chi connectivity index (χ3n) is 5.93. The van der Waals surface area contributed by atoms with Gasteiger partial charge in [0.25, 0.3) is 0 Å². The summed E-state index contributed by atoms with van der Waals surface area (Å²) in [6.07, 6.45) is 5.74. The summed E-state index contributed by atoms with van der Waals surface area (Å²) in [5.41, 5.74) is -3.88. The maximum absolute atomic E-state index is 13.1. The van der Waals surface area contributed by atoms with Crippen LogP contribution in [0.3, 0.4) is 0 Å². The maximum Gasteiger partial charge on any atom is 0.460 e. The van der Waals surface area contributed by atoms with Crippen molar-refractivity contribution in [3.63, 3.8) is 0 Å². The highest BCUT2D eigenvalue weighted by atomic mass is 32.3. The predicted molar refractivity (Wildman–Crippen MR) is 95.4 cm³/mol. The Kier molecular flexibility index (Phi) is 4.03. The molecule has 26 heavy (non-hydrogen) atoms. The van der Waals surface area contributed by atoms with Crippen molar-refractivity contribution >= 4 is 27.0 Å². The highest BCUT2D eigenvalue weighted by molar-refractivity contribution is 8.01. The van der Waals surface area contributed by atoms with Gasteiger partial charge in [-0.15, -0.1) is 0 Å². The van der Waals surface area contributed by atoms with E-state index in [-0.39, 0.29) is 31.0 Å². The standard InChI is InChI=1S/C16H22F3N5OS/c1-23(15-13-3-4-20-14(13)21-9-22-15)12-5-10-7-24(8-11(10)6-12)26(2,25)16(17,18)19/h3-4,9-12,26H,5-8H2,1-2H3,(H,20,21,22)/t10-,11+,12?. The maximum atomic E-state index is 13.1. The third-order valence-corrected chi connectivity index (χ3v) is 8.28. The molecule has 1 aliphatic heterocycles. The number of aromatic amines is 1. The van der Waals surface area contributed by atoms with Crippen LogP contribution in [0.1, 0.15) is 12.8 Å². The summed E-state index contributed by atoms with van der Waals surface area (Å²) in [6, 6.07) is 2.14. The molecule has 2 aliphatic rings. The van der Waals surface area contributed by atoms with Crippen LogP contribution in [0, 0.1) is 11.8 Å². The highest BCUT2D eigenvalue weighted by Gasteiger charge is 2.52. The molecular weight excluding hydrogens is 367 g/mol. The first kappa shape index (κ1) is 17.7. The second kappa shape index (κ2) is 5.91. The zero-order chi connectivity index (χ0) is 18.7. The number of rotatable bonds is 3. The molecule has 144 valence electrons. The van der Waals surface area contributed by atoms with E-state index < -0.39 is 15.6 Å². The quantitative estimate of drug-likeness (QED) is 0.790. The van der Waals surface area contributed by atoms with E-state index in [0.29, 0.717) is 0 Å². The van der Waals surface area contributed by atoms with Gasteiger partial charge in [-0.2, -0.15) is 13.2 Å². The molecule has 2 aromatic heterocycles. The number of thiol groups is 1. The van der Waals surface area contributed by atoms with Crippen LogP contribution < -0.4 is 4.90 Å². The summed E-state index contributed by atoms with van der Waals surface area (Å²) in [5.74, 6) is 1.11. The molecule has 1 N–H and O–H groups in total. The van der Waals surface area contributed by atoms with Gasteiger partial charge in [0.2, 0.25) is 0 Å². The van der Waals surface area contributed by atoms with E-state index in [9.17, 15) is 17.4 Å². The molecule has 1 unspecified atom stereocenters. The Hall–Kier alpha value is -1.68. The molecule has 0 spiro atoms. The van der Waals surface area contributed by atoms with Crippen molar-refractivity contribution in [1.82, 2.24) is 19.3 Å². The molecule has 2 fully saturated rings. The molecule has 0 amide bonds. The van der Waals surface area contributed by atoms with Gasteiger partial charge < -0.3 is 9.88 Å². The normalized spacial score (nSPS) is 27.8. The van der Waals surface area contributed by atoms with Gasteiger partial charge in [0.05, 0.1) is 5.39 Å². The van der Waals surface area contributed by atoms with Crippen LogP contribution in [-0.4, -0.2) is 61.4 Å². The molecule has 3 heterocycles. The van der Waals surface area contributed by atoms with Crippen LogP contribution in [-0.2, 0) is 10.1 Å². The number of H-pyrrole nitrogens is 1. The van der Waals surface area contributed by atoms with Gasteiger partial charge in [-0.3, -0.25) is 4.21 Å². The lowest BCUT2D eigenvalue weighted by Crippen LogP contribution is -2.45. The van der Waals surface area contributed by atoms with Crippen LogP contribution in [0.25, 0.3) is 11.0 Å². The zero-order valence-electron chi connectivity index (χ0n) is 14.6. The fraction of sp³-hybridized carbons (Fsp3) is 0.625. The number of aromatic nitrogens is 3. The molecule has 1 saturated heterocycles. The lowest BCUT2D eigenvalue weighted by molar-refractivity contribution is -0.0458. The van der Waals surface area contributed by atoms with Gasteiger partial charge in [0.1, 0.15) is 17.8 Å². The SMILES string of the molecule is CN(c1ncnc2[nH]ccc12)C1C[C@@H]2CN([SH](C)(=O)C(F)(F)F)C[C@@H]2C1. The van der Waals surface area contributed by atoms with Crippen LogP contribution in [0.4, 0.5) is 19.0 Å². The van der Waals surface area contributed by atoms with Crippen molar-refractivity contribution < 1.29 is 17.4 Å². The number of hydrogen-bond donors (Lipinski definition) is 2. The fourth-order valence-electron chi connectivity index (χ4n) is 4.34. The summed E-state index contributed by atoms with van der Waals surface area (Å²) in [7, 11) is -2.34. The Bertz CT molecular complexity index is 855. The van der Waals surface area contributed by atoms with Crippen LogP contribution >= 0.6 is 0 Å². The van der Waals surface area contributed by atoms with E-state index in [2.05, 4.69) is 19.9 Å². The van der Waals surface area contributed by atoms with Gasteiger partial charge >= 0.3 is 5.51 Å². The Labute approximate surface area is 150 Å². The molecule has 0 bridgehead atoms. The molecule has 2 aromatic rings. The fourth-order valence-corrected chi connectivity index (χ4v) is 5.71. The number of nitrogens with zero attached hydrogens (tertiary/aromatic N) is 4. The minimum atomic E-state index is -4.65. The van der Waals surface area contributed by atoms with Crippen molar-refractivity contribution in [2.24, 2.45) is 11.8 Å². The van der Waals surface area contributed by atoms with E-state index in [0.717, 1.165) is 35.9 Å². The lowest BCUT2D eigenvalue weighted by Gasteiger charge is -2.33. The average Bonchev–Trinajstić information content (AvgIpc) is 3.26. The van der Waals surface area contributed by atoms with Crippen molar-refractivity contribution in [1.29, 1.82) is 0 Å². The minimum Gasteiger partial charge on any atom is -0.356 e. The molecule has 10 heteroatoms. The molecule has 4 rings (SSSR count). The first-order valence-corrected chi connectivity index (χ1v) is 10.7. The molecule has 1 saturated carbocycles. The Morgan fingerprint density at radius 3 is 2.54 bits per heavy atom. The number of fused-ring (bicyclic) bond motifs is 2. The Morgan fingerprint density at radius 1 is 1.27 bits per heavy atom. The second-order valence-corrected chi connectivity index (χ2v) is 10.2. The number of nitrogens with one attached hydrogen (secondary N) is 1. The molecule has 6 nitrogen and oxygen atoms in total. The van der Waals surface area contributed by atoms with Crippen LogP contribution in [0.5, 0.6) is 0 Å². The summed E-state index contributed by atoms with van der Waals surface area (Å²) < 4.78 is 52.6. The molecular formula is C16H22F3N5OS. The van der Waals surface area contributed by atoms with Crippen LogP contribution in [0.2, 0.25) is 0 Å². The number of halogens is 3. The molecule has 3 atom stereocenters. The summed E-state index contributed by atoms with van der Waals surface area (Å²) in [6.45, 7) is 0.511. The van der Waals surface area contributed by atoms with Crippen LogP contribution in [0.15, 0.2) is 18.6 Å². The molecule has 1 aliphatic carbocycles. The van der Waals surface area contributed by atoms with Gasteiger partial charge in [0.15, 0.2) is 0 Å². The minimum absolute atomic E-state index is 0.140. The Morgan fingerprint density at radius 2 is 1.92 bits per heavy atom. The third kappa shape index (κ3) is 2.70. The van der Waals surface area contributed by atoms with E-state index >= 15 is 0 Å². The summed E-state index contributed by atoms with van der Waals surface area (Å²) in [5, 5.41) is 0.934. The van der Waals surface area contributed by atoms with Crippen molar-refractivity contribution in [2.45, 2.75) is 24.4 Å². The van der Waals surface area contributed by atoms with E-state index in [1.54, 1.807) is 0 Å². The second-order valence-electron chi connectivity index (χ2n) is 7.41.